The monoisotopic (exact) mass is 169 g/mol. The Hall–Kier alpha value is -0.830. The molecular formula is C9H15NO2. The van der Waals surface area contributed by atoms with Crippen molar-refractivity contribution < 1.29 is 9.90 Å². The van der Waals surface area contributed by atoms with Crippen molar-refractivity contribution in [3.63, 3.8) is 0 Å². The van der Waals surface area contributed by atoms with E-state index in [1.54, 1.807) is 7.05 Å². The summed E-state index contributed by atoms with van der Waals surface area (Å²) in [6, 6.07) is 0. The van der Waals surface area contributed by atoms with Crippen molar-refractivity contribution in [1.82, 2.24) is 5.32 Å². The largest absolute Gasteiger partial charge is 0.480 e. The lowest BCUT2D eigenvalue weighted by molar-refractivity contribution is -0.140. The highest BCUT2D eigenvalue weighted by Crippen LogP contribution is 2.44. The van der Waals surface area contributed by atoms with Crippen LogP contribution >= 0.6 is 0 Å². The van der Waals surface area contributed by atoms with Gasteiger partial charge in [0.15, 0.2) is 0 Å². The second-order valence-corrected chi connectivity index (χ2v) is 3.17. The van der Waals surface area contributed by atoms with Gasteiger partial charge in [-0.2, -0.15) is 0 Å². The van der Waals surface area contributed by atoms with Crippen LogP contribution in [0.1, 0.15) is 19.8 Å². The maximum atomic E-state index is 10.8. The Morgan fingerprint density at radius 1 is 1.83 bits per heavy atom. The zero-order valence-corrected chi connectivity index (χ0v) is 7.50. The molecule has 1 fully saturated rings. The Morgan fingerprint density at radius 3 is 2.83 bits per heavy atom. The molecule has 0 radical (unpaired) electrons. The number of carboxylic acids is 1. The van der Waals surface area contributed by atoms with Gasteiger partial charge in [-0.3, -0.25) is 4.79 Å². The van der Waals surface area contributed by atoms with Crippen LogP contribution in [0.25, 0.3) is 0 Å². The third-order valence-corrected chi connectivity index (χ3v) is 2.45. The van der Waals surface area contributed by atoms with E-state index in [0.29, 0.717) is 0 Å². The fourth-order valence-corrected chi connectivity index (χ4v) is 1.46. The highest BCUT2D eigenvalue weighted by molar-refractivity contribution is 5.83. The van der Waals surface area contributed by atoms with Gasteiger partial charge in [0, 0.05) is 5.92 Å². The van der Waals surface area contributed by atoms with Gasteiger partial charge in [-0.05, 0) is 19.9 Å². The number of allylic oxidation sites excluding steroid dienone is 1. The lowest BCUT2D eigenvalue weighted by Crippen LogP contribution is -2.38. The van der Waals surface area contributed by atoms with Crippen molar-refractivity contribution in [3.8, 4) is 0 Å². The maximum absolute atomic E-state index is 10.8. The zero-order valence-electron chi connectivity index (χ0n) is 7.50. The SMILES string of the molecule is CCC=CC1CC1(NC)C(=O)O. The fraction of sp³-hybridized carbons (Fsp3) is 0.667. The molecule has 0 bridgehead atoms. The second-order valence-electron chi connectivity index (χ2n) is 3.17. The first-order valence-electron chi connectivity index (χ1n) is 4.26. The summed E-state index contributed by atoms with van der Waals surface area (Å²) in [6.45, 7) is 2.04. The van der Waals surface area contributed by atoms with E-state index in [1.165, 1.54) is 0 Å². The minimum Gasteiger partial charge on any atom is -0.480 e. The lowest BCUT2D eigenvalue weighted by Gasteiger charge is -2.07. The predicted molar refractivity (Wildman–Crippen MR) is 47.0 cm³/mol. The molecular weight excluding hydrogens is 154 g/mol. The molecule has 12 heavy (non-hydrogen) atoms. The Balaban J connectivity index is 2.55. The van der Waals surface area contributed by atoms with E-state index in [2.05, 4.69) is 5.32 Å². The summed E-state index contributed by atoms with van der Waals surface area (Å²) in [5.41, 5.74) is -0.661. The summed E-state index contributed by atoms with van der Waals surface area (Å²) in [6.07, 6.45) is 5.70. The Labute approximate surface area is 72.5 Å². The molecule has 2 atom stereocenters. The molecule has 1 rings (SSSR count). The number of rotatable bonds is 4. The Kier molecular flexibility index (Phi) is 2.52. The van der Waals surface area contributed by atoms with E-state index in [0.717, 1.165) is 12.8 Å². The van der Waals surface area contributed by atoms with Crippen LogP contribution in [-0.4, -0.2) is 23.7 Å². The van der Waals surface area contributed by atoms with Crippen molar-refractivity contribution in [2.75, 3.05) is 7.05 Å². The van der Waals surface area contributed by atoms with Crippen LogP contribution in [0.2, 0.25) is 0 Å². The highest BCUT2D eigenvalue weighted by atomic mass is 16.4. The van der Waals surface area contributed by atoms with Gasteiger partial charge < -0.3 is 10.4 Å². The average Bonchev–Trinajstić information content (AvgIpc) is 2.76. The Morgan fingerprint density at radius 2 is 2.50 bits per heavy atom. The first-order chi connectivity index (χ1) is 5.67. The van der Waals surface area contributed by atoms with Gasteiger partial charge >= 0.3 is 5.97 Å². The number of carboxylic acid groups (broad SMARTS) is 1. The molecule has 1 aliphatic rings. The molecule has 0 amide bonds. The topological polar surface area (TPSA) is 49.3 Å². The van der Waals surface area contributed by atoms with Gasteiger partial charge in [0.05, 0.1) is 0 Å². The van der Waals surface area contributed by atoms with Crippen LogP contribution in [0.5, 0.6) is 0 Å². The van der Waals surface area contributed by atoms with Crippen LogP contribution in [0.15, 0.2) is 12.2 Å². The van der Waals surface area contributed by atoms with Gasteiger partial charge in [0.1, 0.15) is 5.54 Å². The molecule has 2 unspecified atom stereocenters. The van der Waals surface area contributed by atoms with Crippen molar-refractivity contribution in [2.24, 2.45) is 5.92 Å². The number of likely N-dealkylation sites (N-methyl/N-ethyl adjacent to an activating group) is 1. The van der Waals surface area contributed by atoms with E-state index in [1.807, 2.05) is 19.1 Å². The van der Waals surface area contributed by atoms with E-state index in [-0.39, 0.29) is 5.92 Å². The summed E-state index contributed by atoms with van der Waals surface area (Å²) >= 11 is 0. The summed E-state index contributed by atoms with van der Waals surface area (Å²) in [5, 5.41) is 11.7. The summed E-state index contributed by atoms with van der Waals surface area (Å²) in [5.74, 6) is -0.560. The molecule has 3 nitrogen and oxygen atoms in total. The Bertz CT molecular complexity index is 213. The van der Waals surface area contributed by atoms with Gasteiger partial charge in [-0.25, -0.2) is 0 Å². The first kappa shape index (κ1) is 9.26. The van der Waals surface area contributed by atoms with Crippen LogP contribution in [0.3, 0.4) is 0 Å². The van der Waals surface area contributed by atoms with E-state index in [4.69, 9.17) is 5.11 Å². The third kappa shape index (κ3) is 1.37. The predicted octanol–water partition coefficient (Wildman–Crippen LogP) is 1.02. The first-order valence-corrected chi connectivity index (χ1v) is 4.26. The summed E-state index contributed by atoms with van der Waals surface area (Å²) < 4.78 is 0. The number of hydrogen-bond donors (Lipinski definition) is 2. The normalized spacial score (nSPS) is 34.0. The van der Waals surface area contributed by atoms with Crippen molar-refractivity contribution in [3.05, 3.63) is 12.2 Å². The smallest absolute Gasteiger partial charge is 0.324 e. The van der Waals surface area contributed by atoms with Crippen molar-refractivity contribution in [2.45, 2.75) is 25.3 Å². The second kappa shape index (κ2) is 3.27. The van der Waals surface area contributed by atoms with Crippen LogP contribution in [-0.2, 0) is 4.79 Å². The maximum Gasteiger partial charge on any atom is 0.324 e. The zero-order chi connectivity index (χ0) is 9.19. The lowest BCUT2D eigenvalue weighted by atomic mass is 10.2. The van der Waals surface area contributed by atoms with Crippen LogP contribution in [0.4, 0.5) is 0 Å². The van der Waals surface area contributed by atoms with E-state index in [9.17, 15) is 4.79 Å². The number of hydrogen-bond acceptors (Lipinski definition) is 2. The standard InChI is InChI=1S/C9H15NO2/c1-3-4-5-7-6-9(7,10-2)8(11)12/h4-5,7,10H,3,6H2,1-2H3,(H,11,12). The van der Waals surface area contributed by atoms with Gasteiger partial charge in [0.25, 0.3) is 0 Å². The summed E-state index contributed by atoms with van der Waals surface area (Å²) in [7, 11) is 1.70. The minimum atomic E-state index is -0.740. The quantitative estimate of drug-likeness (QED) is 0.618. The van der Waals surface area contributed by atoms with E-state index < -0.39 is 11.5 Å². The molecule has 0 spiro atoms. The molecule has 3 heteroatoms. The molecule has 2 N–H and O–H groups in total. The van der Waals surface area contributed by atoms with Gasteiger partial charge in [-0.15, -0.1) is 0 Å². The van der Waals surface area contributed by atoms with Crippen molar-refractivity contribution >= 4 is 5.97 Å². The third-order valence-electron chi connectivity index (χ3n) is 2.45. The molecule has 1 saturated carbocycles. The number of aliphatic carboxylic acids is 1. The molecule has 0 aliphatic heterocycles. The molecule has 0 aromatic carbocycles. The fourth-order valence-electron chi connectivity index (χ4n) is 1.46. The van der Waals surface area contributed by atoms with Crippen LogP contribution < -0.4 is 5.32 Å². The van der Waals surface area contributed by atoms with Gasteiger partial charge in [-0.1, -0.05) is 19.1 Å². The van der Waals surface area contributed by atoms with Gasteiger partial charge in [0.2, 0.25) is 0 Å². The average molecular weight is 169 g/mol. The van der Waals surface area contributed by atoms with Crippen molar-refractivity contribution in [1.29, 1.82) is 0 Å². The molecule has 0 aromatic heterocycles. The molecule has 0 heterocycles. The summed E-state index contributed by atoms with van der Waals surface area (Å²) in [4.78, 5) is 10.8. The molecule has 0 saturated heterocycles. The molecule has 1 aliphatic carbocycles. The number of carbonyl (C=O) groups is 1. The molecule has 68 valence electrons. The highest BCUT2D eigenvalue weighted by Gasteiger charge is 2.58. The molecule has 0 aromatic rings. The van der Waals surface area contributed by atoms with E-state index >= 15 is 0 Å². The number of nitrogens with one attached hydrogen (secondary N) is 1. The minimum absolute atomic E-state index is 0.181. The van der Waals surface area contributed by atoms with Crippen LogP contribution in [0, 0.1) is 5.92 Å².